The van der Waals surface area contributed by atoms with E-state index in [9.17, 15) is 9.59 Å². The minimum absolute atomic E-state index is 0.283. The highest BCUT2D eigenvalue weighted by Gasteiger charge is 2.23. The molecule has 0 aliphatic heterocycles. The van der Waals surface area contributed by atoms with Crippen molar-refractivity contribution in [1.82, 2.24) is 10.3 Å². The summed E-state index contributed by atoms with van der Waals surface area (Å²) < 4.78 is 0. The third kappa shape index (κ3) is 8.04. The van der Waals surface area contributed by atoms with E-state index in [-0.39, 0.29) is 11.9 Å². The van der Waals surface area contributed by atoms with Crippen LogP contribution >= 0.6 is 0 Å². The van der Waals surface area contributed by atoms with Crippen LogP contribution < -0.4 is 21.3 Å². The molecule has 0 unspecified atom stereocenters. The number of para-hydroxylation sites is 1. The Bertz CT molecular complexity index is 1160. The molecule has 3 aromatic rings. The topological polar surface area (TPSA) is 153 Å². The molecule has 2 aromatic carbocycles. The van der Waals surface area contributed by atoms with Gasteiger partial charge in [-0.2, -0.15) is 0 Å². The first-order valence-electron chi connectivity index (χ1n) is 11.1. The van der Waals surface area contributed by atoms with E-state index >= 15 is 0 Å². The van der Waals surface area contributed by atoms with Gasteiger partial charge in [-0.1, -0.05) is 30.3 Å². The Morgan fingerprint density at radius 2 is 1.60 bits per heavy atom. The average Bonchev–Trinajstić information content (AvgIpc) is 3.66. The number of nitrogens with zero attached hydrogens (tertiary/aromatic N) is 1. The molecule has 35 heavy (non-hydrogen) atoms. The standard InChI is InChI=1S/C24H25N5O2.CH2O3/c1-2-25-24(31)29-22-14-21(27-18-6-4-3-5-7-18)20(15-26-22)23(30)28-19-12-10-17(11-13-19)16-8-9-16;2-1(3)4/h3-7,10-16H,2,8-9H2,1H3,(H,28,30)(H3,25,26,27,29,31);(H2,2,3,4). The molecule has 182 valence electrons. The number of hydrogen-bond donors (Lipinski definition) is 6. The van der Waals surface area contributed by atoms with Crippen LogP contribution in [0.2, 0.25) is 0 Å². The lowest BCUT2D eigenvalue weighted by Crippen LogP contribution is -2.28. The zero-order chi connectivity index (χ0) is 25.2. The third-order valence-electron chi connectivity index (χ3n) is 5.00. The summed E-state index contributed by atoms with van der Waals surface area (Å²) in [6.07, 6.45) is 2.10. The van der Waals surface area contributed by atoms with E-state index in [1.165, 1.54) is 24.6 Å². The second-order valence-corrected chi connectivity index (χ2v) is 7.72. The molecular weight excluding hydrogens is 450 g/mol. The first-order chi connectivity index (χ1) is 16.9. The smallest absolute Gasteiger partial charge is 0.450 e. The number of carbonyl (C=O) groups is 3. The molecule has 0 atom stereocenters. The maximum Gasteiger partial charge on any atom is 0.503 e. The Hall–Kier alpha value is -4.60. The Labute approximate surface area is 202 Å². The fourth-order valence-corrected chi connectivity index (χ4v) is 3.26. The normalized spacial score (nSPS) is 11.9. The van der Waals surface area contributed by atoms with Crippen LogP contribution in [0, 0.1) is 0 Å². The maximum absolute atomic E-state index is 13.0. The van der Waals surface area contributed by atoms with Gasteiger partial charge in [0.1, 0.15) is 5.82 Å². The van der Waals surface area contributed by atoms with Crippen LogP contribution in [0.15, 0.2) is 66.9 Å². The lowest BCUT2D eigenvalue weighted by atomic mass is 10.1. The zero-order valence-electron chi connectivity index (χ0n) is 19.1. The minimum atomic E-state index is -1.83. The van der Waals surface area contributed by atoms with E-state index in [1.54, 1.807) is 6.07 Å². The van der Waals surface area contributed by atoms with Gasteiger partial charge in [0.15, 0.2) is 0 Å². The number of amides is 3. The van der Waals surface area contributed by atoms with Gasteiger partial charge < -0.3 is 26.2 Å². The van der Waals surface area contributed by atoms with Gasteiger partial charge in [-0.05, 0) is 55.5 Å². The molecule has 10 nitrogen and oxygen atoms in total. The number of urea groups is 1. The number of hydrogen-bond acceptors (Lipinski definition) is 5. The second-order valence-electron chi connectivity index (χ2n) is 7.72. The number of pyridine rings is 1. The number of nitrogens with one attached hydrogen (secondary N) is 4. The van der Waals surface area contributed by atoms with Crippen molar-refractivity contribution in [2.24, 2.45) is 0 Å². The first kappa shape index (κ1) is 25.0. The van der Waals surface area contributed by atoms with Crippen molar-refractivity contribution >= 4 is 41.0 Å². The lowest BCUT2D eigenvalue weighted by Gasteiger charge is -2.14. The first-order valence-corrected chi connectivity index (χ1v) is 11.1. The summed E-state index contributed by atoms with van der Waals surface area (Å²) in [4.78, 5) is 37.7. The molecule has 0 radical (unpaired) electrons. The van der Waals surface area contributed by atoms with Crippen LogP contribution in [-0.2, 0) is 0 Å². The van der Waals surface area contributed by atoms with E-state index in [2.05, 4.69) is 38.4 Å². The summed E-state index contributed by atoms with van der Waals surface area (Å²) in [5.41, 5.74) is 3.77. The number of carboxylic acid groups (broad SMARTS) is 2. The van der Waals surface area contributed by atoms with Crippen LogP contribution in [0.3, 0.4) is 0 Å². The van der Waals surface area contributed by atoms with Crippen molar-refractivity contribution < 1.29 is 24.6 Å². The summed E-state index contributed by atoms with van der Waals surface area (Å²) in [6, 6.07) is 18.8. The Morgan fingerprint density at radius 1 is 0.943 bits per heavy atom. The number of carbonyl (C=O) groups excluding carboxylic acids is 2. The molecule has 6 N–H and O–H groups in total. The fourth-order valence-electron chi connectivity index (χ4n) is 3.26. The summed E-state index contributed by atoms with van der Waals surface area (Å²) in [5.74, 6) is 0.727. The number of anilines is 4. The highest BCUT2D eigenvalue weighted by molar-refractivity contribution is 6.08. The van der Waals surface area contributed by atoms with Crippen LogP contribution in [0.1, 0.15) is 41.6 Å². The van der Waals surface area contributed by atoms with E-state index in [0.29, 0.717) is 29.5 Å². The summed E-state index contributed by atoms with van der Waals surface area (Å²) in [5, 5.41) is 25.5. The van der Waals surface area contributed by atoms with E-state index in [0.717, 1.165) is 11.4 Å². The number of aromatic nitrogens is 1. The molecule has 3 amide bonds. The molecule has 1 fully saturated rings. The van der Waals surface area contributed by atoms with Crippen LogP contribution in [-0.4, -0.2) is 39.8 Å². The van der Waals surface area contributed by atoms with Crippen molar-refractivity contribution in [2.45, 2.75) is 25.7 Å². The summed E-state index contributed by atoms with van der Waals surface area (Å²) in [7, 11) is 0. The second kappa shape index (κ2) is 12.0. The minimum Gasteiger partial charge on any atom is -0.450 e. The molecule has 1 saturated carbocycles. The molecular formula is C25H27N5O5. The molecule has 1 heterocycles. The molecule has 0 spiro atoms. The van der Waals surface area contributed by atoms with Crippen molar-refractivity contribution in [3.63, 3.8) is 0 Å². The number of benzene rings is 2. The zero-order valence-corrected chi connectivity index (χ0v) is 19.1. The van der Waals surface area contributed by atoms with Crippen LogP contribution in [0.25, 0.3) is 0 Å². The quantitative estimate of drug-likeness (QED) is 0.269. The van der Waals surface area contributed by atoms with Gasteiger partial charge in [0, 0.05) is 30.2 Å². The van der Waals surface area contributed by atoms with Crippen LogP contribution in [0.4, 0.5) is 32.5 Å². The molecule has 0 bridgehead atoms. The van der Waals surface area contributed by atoms with E-state index in [4.69, 9.17) is 15.0 Å². The van der Waals surface area contributed by atoms with Gasteiger partial charge in [-0.3, -0.25) is 10.1 Å². The van der Waals surface area contributed by atoms with Crippen molar-refractivity contribution in [3.8, 4) is 0 Å². The lowest BCUT2D eigenvalue weighted by molar-refractivity contribution is 0.102. The molecule has 10 heteroatoms. The number of rotatable bonds is 7. The summed E-state index contributed by atoms with van der Waals surface area (Å²) >= 11 is 0. The Balaban J connectivity index is 0.000000795. The molecule has 0 saturated heterocycles. The predicted molar refractivity (Wildman–Crippen MR) is 134 cm³/mol. The van der Waals surface area contributed by atoms with E-state index in [1.807, 2.05) is 49.4 Å². The molecule has 1 aliphatic rings. The fraction of sp³-hybridized carbons (Fsp3) is 0.200. The largest absolute Gasteiger partial charge is 0.503 e. The SMILES string of the molecule is CCNC(=O)Nc1cc(Nc2ccccc2)c(C(=O)Nc2ccc(C3CC3)cc2)cn1.O=C(O)O. The average molecular weight is 478 g/mol. The molecule has 4 rings (SSSR count). The van der Waals surface area contributed by atoms with E-state index < -0.39 is 6.16 Å². The van der Waals surface area contributed by atoms with Gasteiger partial charge in [0.25, 0.3) is 5.91 Å². The maximum atomic E-state index is 13.0. The highest BCUT2D eigenvalue weighted by Crippen LogP contribution is 2.40. The van der Waals surface area contributed by atoms with Gasteiger partial charge in [-0.15, -0.1) is 0 Å². The Morgan fingerprint density at radius 3 is 2.20 bits per heavy atom. The predicted octanol–water partition coefficient (Wildman–Crippen LogP) is 5.32. The van der Waals surface area contributed by atoms with Gasteiger partial charge in [0.05, 0.1) is 11.3 Å². The molecule has 1 aromatic heterocycles. The molecule has 1 aliphatic carbocycles. The third-order valence-corrected chi connectivity index (χ3v) is 5.00. The van der Waals surface area contributed by atoms with Gasteiger partial charge in [0.2, 0.25) is 0 Å². The van der Waals surface area contributed by atoms with Crippen molar-refractivity contribution in [1.29, 1.82) is 0 Å². The van der Waals surface area contributed by atoms with Gasteiger partial charge in [-0.25, -0.2) is 14.6 Å². The summed E-state index contributed by atoms with van der Waals surface area (Å²) in [6.45, 7) is 2.33. The Kier molecular flexibility index (Phi) is 8.60. The van der Waals surface area contributed by atoms with Crippen molar-refractivity contribution in [2.75, 3.05) is 22.5 Å². The van der Waals surface area contributed by atoms with Crippen LogP contribution in [0.5, 0.6) is 0 Å². The van der Waals surface area contributed by atoms with Crippen molar-refractivity contribution in [3.05, 3.63) is 78.0 Å². The highest BCUT2D eigenvalue weighted by atomic mass is 16.6. The monoisotopic (exact) mass is 477 g/mol. The van der Waals surface area contributed by atoms with Gasteiger partial charge >= 0.3 is 12.2 Å².